The molecule has 0 aliphatic carbocycles. The number of aliphatic hydroxyl groups is 1. The number of likely N-dealkylation sites (N-methyl/N-ethyl adjacent to an activating group) is 1. The molecule has 2 aromatic rings. The van der Waals surface area contributed by atoms with Crippen LogP contribution in [0.15, 0.2) is 47.6 Å². The van der Waals surface area contributed by atoms with E-state index in [2.05, 4.69) is 15.3 Å². The molecular weight excluding hydrogens is 335 g/mol. The fraction of sp³-hybridized carbons (Fsp3) is 0.316. The Kier molecular flexibility index (Phi) is 7.85. The SMILES string of the molecule is CN(Cc1ccccc1F)C(=O)CNCc1cc(/C=N/CCO)ccn1. The van der Waals surface area contributed by atoms with Gasteiger partial charge in [-0.1, -0.05) is 18.2 Å². The Hall–Kier alpha value is -2.64. The number of nitrogens with one attached hydrogen (secondary N) is 1. The lowest BCUT2D eigenvalue weighted by Gasteiger charge is -2.18. The highest BCUT2D eigenvalue weighted by atomic mass is 19.1. The van der Waals surface area contributed by atoms with Gasteiger partial charge in [-0.05, 0) is 23.8 Å². The number of rotatable bonds is 9. The van der Waals surface area contributed by atoms with E-state index in [4.69, 9.17) is 5.11 Å². The van der Waals surface area contributed by atoms with Crippen molar-refractivity contribution in [3.8, 4) is 0 Å². The predicted molar refractivity (Wildman–Crippen MR) is 98.4 cm³/mol. The number of aliphatic hydroxyl groups excluding tert-OH is 1. The van der Waals surface area contributed by atoms with E-state index in [9.17, 15) is 9.18 Å². The maximum absolute atomic E-state index is 13.6. The molecule has 0 saturated carbocycles. The third-order valence-corrected chi connectivity index (χ3v) is 3.68. The van der Waals surface area contributed by atoms with Crippen molar-refractivity contribution in [1.29, 1.82) is 0 Å². The van der Waals surface area contributed by atoms with Crippen LogP contribution in [-0.4, -0.2) is 53.9 Å². The molecule has 6 nitrogen and oxygen atoms in total. The average molecular weight is 358 g/mol. The van der Waals surface area contributed by atoms with Crippen molar-refractivity contribution < 1.29 is 14.3 Å². The second kappa shape index (κ2) is 10.4. The van der Waals surface area contributed by atoms with Crippen LogP contribution in [0.1, 0.15) is 16.8 Å². The fourth-order valence-electron chi connectivity index (χ4n) is 2.30. The second-order valence-electron chi connectivity index (χ2n) is 5.78. The minimum Gasteiger partial charge on any atom is -0.394 e. The summed E-state index contributed by atoms with van der Waals surface area (Å²) in [5, 5.41) is 11.8. The number of nitrogens with zero attached hydrogens (tertiary/aromatic N) is 3. The van der Waals surface area contributed by atoms with Crippen molar-refractivity contribution >= 4 is 12.1 Å². The van der Waals surface area contributed by atoms with Crippen LogP contribution >= 0.6 is 0 Å². The smallest absolute Gasteiger partial charge is 0.236 e. The summed E-state index contributed by atoms with van der Waals surface area (Å²) in [6, 6.07) is 10.1. The van der Waals surface area contributed by atoms with Gasteiger partial charge in [0, 0.05) is 38.1 Å². The number of aromatic nitrogens is 1. The molecule has 0 fully saturated rings. The van der Waals surface area contributed by atoms with E-state index in [0.717, 1.165) is 11.3 Å². The van der Waals surface area contributed by atoms with Gasteiger partial charge < -0.3 is 15.3 Å². The summed E-state index contributed by atoms with van der Waals surface area (Å²) in [6.07, 6.45) is 3.35. The van der Waals surface area contributed by atoms with Crippen molar-refractivity contribution in [2.75, 3.05) is 26.7 Å². The van der Waals surface area contributed by atoms with Gasteiger partial charge in [0.15, 0.2) is 0 Å². The van der Waals surface area contributed by atoms with Crippen LogP contribution in [0.25, 0.3) is 0 Å². The number of hydrogen-bond acceptors (Lipinski definition) is 5. The van der Waals surface area contributed by atoms with Crippen LogP contribution < -0.4 is 5.32 Å². The maximum atomic E-state index is 13.6. The first-order valence-corrected chi connectivity index (χ1v) is 8.34. The van der Waals surface area contributed by atoms with Crippen molar-refractivity contribution in [3.05, 3.63) is 65.2 Å². The first-order chi connectivity index (χ1) is 12.6. The lowest BCUT2D eigenvalue weighted by molar-refractivity contribution is -0.129. The van der Waals surface area contributed by atoms with Gasteiger partial charge in [0.1, 0.15) is 5.82 Å². The molecule has 0 radical (unpaired) electrons. The molecule has 1 heterocycles. The van der Waals surface area contributed by atoms with E-state index in [1.165, 1.54) is 11.0 Å². The van der Waals surface area contributed by atoms with Crippen molar-refractivity contribution in [2.24, 2.45) is 4.99 Å². The Morgan fingerprint density at radius 2 is 2.19 bits per heavy atom. The summed E-state index contributed by atoms with van der Waals surface area (Å²) in [5.41, 5.74) is 2.15. The molecule has 0 atom stereocenters. The summed E-state index contributed by atoms with van der Waals surface area (Å²) in [5.74, 6) is -0.446. The molecule has 138 valence electrons. The quantitative estimate of drug-likeness (QED) is 0.664. The third kappa shape index (κ3) is 6.34. The molecule has 0 saturated heterocycles. The van der Waals surface area contributed by atoms with Gasteiger partial charge in [-0.3, -0.25) is 14.8 Å². The van der Waals surface area contributed by atoms with Crippen LogP contribution in [0, 0.1) is 5.82 Å². The third-order valence-electron chi connectivity index (χ3n) is 3.68. The molecule has 0 aliphatic heterocycles. The van der Waals surface area contributed by atoms with E-state index in [1.54, 1.807) is 37.7 Å². The molecule has 0 unspecified atom stereocenters. The van der Waals surface area contributed by atoms with Gasteiger partial charge >= 0.3 is 0 Å². The maximum Gasteiger partial charge on any atom is 0.236 e. The van der Waals surface area contributed by atoms with E-state index in [1.807, 2.05) is 12.1 Å². The van der Waals surface area contributed by atoms with Crippen molar-refractivity contribution in [1.82, 2.24) is 15.2 Å². The van der Waals surface area contributed by atoms with Crippen LogP contribution in [0.4, 0.5) is 4.39 Å². The van der Waals surface area contributed by atoms with Crippen LogP contribution in [-0.2, 0) is 17.9 Å². The summed E-state index contributed by atoms with van der Waals surface area (Å²) in [4.78, 5) is 22.0. The normalized spacial score (nSPS) is 11.0. The first-order valence-electron chi connectivity index (χ1n) is 8.34. The molecule has 7 heteroatoms. The highest BCUT2D eigenvalue weighted by molar-refractivity contribution is 5.79. The number of amides is 1. The summed E-state index contributed by atoms with van der Waals surface area (Å²) in [7, 11) is 1.65. The highest BCUT2D eigenvalue weighted by Crippen LogP contribution is 2.08. The molecule has 1 aromatic heterocycles. The molecule has 1 aromatic carbocycles. The van der Waals surface area contributed by atoms with Crippen LogP contribution in [0.3, 0.4) is 0 Å². The Morgan fingerprint density at radius 1 is 1.38 bits per heavy atom. The van der Waals surface area contributed by atoms with Crippen LogP contribution in [0.5, 0.6) is 0 Å². The van der Waals surface area contributed by atoms with E-state index in [0.29, 0.717) is 18.7 Å². The minimum atomic E-state index is -0.316. The monoisotopic (exact) mass is 358 g/mol. The lowest BCUT2D eigenvalue weighted by atomic mass is 10.2. The van der Waals surface area contributed by atoms with E-state index >= 15 is 0 Å². The topological polar surface area (TPSA) is 77.8 Å². The Balaban J connectivity index is 1.80. The van der Waals surface area contributed by atoms with Crippen LogP contribution in [0.2, 0.25) is 0 Å². The van der Waals surface area contributed by atoms with Gasteiger partial charge in [0.2, 0.25) is 5.91 Å². The molecule has 1 amide bonds. The summed E-state index contributed by atoms with van der Waals surface area (Å²) in [6.45, 7) is 1.16. The molecule has 2 N–H and O–H groups in total. The highest BCUT2D eigenvalue weighted by Gasteiger charge is 2.11. The zero-order valence-electron chi connectivity index (χ0n) is 14.7. The number of halogens is 1. The fourth-order valence-corrected chi connectivity index (χ4v) is 2.30. The largest absolute Gasteiger partial charge is 0.394 e. The summed E-state index contributed by atoms with van der Waals surface area (Å²) >= 11 is 0. The number of hydrogen-bond donors (Lipinski definition) is 2. The lowest BCUT2D eigenvalue weighted by Crippen LogP contribution is -2.35. The molecule has 0 aliphatic rings. The van der Waals surface area contributed by atoms with Gasteiger partial charge in [-0.15, -0.1) is 0 Å². The van der Waals surface area contributed by atoms with Crippen molar-refractivity contribution in [2.45, 2.75) is 13.1 Å². The number of benzene rings is 1. The Bertz CT molecular complexity index is 752. The molecule has 26 heavy (non-hydrogen) atoms. The van der Waals surface area contributed by atoms with Gasteiger partial charge in [-0.2, -0.15) is 0 Å². The number of carbonyl (C=O) groups excluding carboxylic acids is 1. The molecule has 0 spiro atoms. The van der Waals surface area contributed by atoms with Gasteiger partial charge in [0.05, 0.1) is 25.4 Å². The number of carbonyl (C=O) groups is 1. The number of pyridine rings is 1. The van der Waals surface area contributed by atoms with E-state index < -0.39 is 0 Å². The molecule has 0 bridgehead atoms. The Labute approximate surface area is 152 Å². The molecule has 2 rings (SSSR count). The van der Waals surface area contributed by atoms with E-state index in [-0.39, 0.29) is 31.4 Å². The molecular formula is C19H23FN4O2. The Morgan fingerprint density at radius 3 is 2.96 bits per heavy atom. The zero-order chi connectivity index (χ0) is 18.8. The van der Waals surface area contributed by atoms with Gasteiger partial charge in [0.25, 0.3) is 0 Å². The second-order valence-corrected chi connectivity index (χ2v) is 5.78. The van der Waals surface area contributed by atoms with Crippen molar-refractivity contribution in [3.63, 3.8) is 0 Å². The zero-order valence-corrected chi connectivity index (χ0v) is 14.7. The first kappa shape index (κ1) is 19.7. The number of aliphatic imine (C=N–C) groups is 1. The standard InChI is InChI=1S/C19H23FN4O2/c1-24(14-16-4-2-3-5-18(16)20)19(26)13-22-12-17-10-15(6-7-23-17)11-21-8-9-25/h2-7,10-11,22,25H,8-9,12-14H2,1H3/b21-11+. The van der Waals surface area contributed by atoms with Gasteiger partial charge in [-0.25, -0.2) is 4.39 Å². The summed E-state index contributed by atoms with van der Waals surface area (Å²) < 4.78 is 13.6. The minimum absolute atomic E-state index is 0.0124. The average Bonchev–Trinajstić information content (AvgIpc) is 2.64. The predicted octanol–water partition coefficient (Wildman–Crippen LogP) is 1.38.